The normalized spacial score (nSPS) is 20.8. The van der Waals surface area contributed by atoms with E-state index < -0.39 is 5.54 Å². The van der Waals surface area contributed by atoms with Gasteiger partial charge in [-0.25, -0.2) is 0 Å². The molecule has 134 valence electrons. The van der Waals surface area contributed by atoms with Crippen molar-refractivity contribution in [2.75, 3.05) is 25.0 Å². The standard InChI is InChI=1S/C20H28N4O/c1-16-4-6-17(7-5-16)22-18-8-12-24(13-9-18)14-19(25)23-20(15-21)10-2-3-11-20/h4-7,18,22H,2-3,8-14H2,1H3,(H,23,25). The van der Waals surface area contributed by atoms with E-state index in [4.69, 9.17) is 0 Å². The fourth-order valence-electron chi connectivity index (χ4n) is 3.87. The molecule has 0 bridgehead atoms. The number of anilines is 1. The van der Waals surface area contributed by atoms with Gasteiger partial charge in [-0.15, -0.1) is 0 Å². The number of nitrogens with zero attached hydrogens (tertiary/aromatic N) is 2. The lowest BCUT2D eigenvalue weighted by Gasteiger charge is -2.33. The van der Waals surface area contributed by atoms with Gasteiger partial charge >= 0.3 is 0 Å². The fraction of sp³-hybridized carbons (Fsp3) is 0.600. The summed E-state index contributed by atoms with van der Waals surface area (Å²) in [5.41, 5.74) is 1.82. The molecule has 0 spiro atoms. The molecule has 0 atom stereocenters. The zero-order chi connectivity index (χ0) is 17.7. The lowest BCUT2D eigenvalue weighted by Crippen LogP contribution is -2.50. The van der Waals surface area contributed by atoms with Crippen molar-refractivity contribution < 1.29 is 4.79 Å². The van der Waals surface area contributed by atoms with Gasteiger partial charge in [0.2, 0.25) is 5.91 Å². The number of nitriles is 1. The molecule has 0 radical (unpaired) electrons. The molecule has 5 heteroatoms. The lowest BCUT2D eigenvalue weighted by molar-refractivity contribution is -0.123. The molecule has 1 aromatic carbocycles. The first-order valence-corrected chi connectivity index (χ1v) is 9.36. The number of likely N-dealkylation sites (tertiary alicyclic amines) is 1. The van der Waals surface area contributed by atoms with E-state index in [0.29, 0.717) is 12.6 Å². The first-order valence-electron chi connectivity index (χ1n) is 9.36. The van der Waals surface area contributed by atoms with Gasteiger partial charge in [0.15, 0.2) is 0 Å². The molecular formula is C20H28N4O. The zero-order valence-corrected chi connectivity index (χ0v) is 15.1. The maximum absolute atomic E-state index is 12.3. The molecule has 0 aromatic heterocycles. The third kappa shape index (κ3) is 4.73. The summed E-state index contributed by atoms with van der Waals surface area (Å²) in [5, 5.41) is 16.0. The summed E-state index contributed by atoms with van der Waals surface area (Å²) in [4.78, 5) is 14.5. The molecule has 5 nitrogen and oxygen atoms in total. The van der Waals surface area contributed by atoms with Crippen LogP contribution in [0.3, 0.4) is 0 Å². The van der Waals surface area contributed by atoms with Crippen molar-refractivity contribution >= 4 is 11.6 Å². The number of carbonyl (C=O) groups is 1. The molecule has 1 heterocycles. The Balaban J connectivity index is 1.42. The Labute approximate surface area is 150 Å². The van der Waals surface area contributed by atoms with Crippen molar-refractivity contribution in [3.8, 4) is 6.07 Å². The van der Waals surface area contributed by atoms with Crippen LogP contribution in [-0.4, -0.2) is 42.0 Å². The minimum absolute atomic E-state index is 0.00612. The van der Waals surface area contributed by atoms with E-state index in [-0.39, 0.29) is 5.91 Å². The summed E-state index contributed by atoms with van der Waals surface area (Å²) in [7, 11) is 0. The molecule has 1 saturated heterocycles. The Kier molecular flexibility index (Phi) is 5.60. The summed E-state index contributed by atoms with van der Waals surface area (Å²) in [5.74, 6) is -0.00612. The molecule has 25 heavy (non-hydrogen) atoms. The second-order valence-corrected chi connectivity index (χ2v) is 7.51. The predicted molar refractivity (Wildman–Crippen MR) is 99.2 cm³/mol. The summed E-state index contributed by atoms with van der Waals surface area (Å²) in [6.07, 6.45) is 5.71. The summed E-state index contributed by atoms with van der Waals surface area (Å²) in [6, 6.07) is 11.3. The third-order valence-electron chi connectivity index (χ3n) is 5.43. The van der Waals surface area contributed by atoms with E-state index in [2.05, 4.69) is 52.8 Å². The van der Waals surface area contributed by atoms with Gasteiger partial charge in [-0.1, -0.05) is 17.7 Å². The Morgan fingerprint density at radius 2 is 1.88 bits per heavy atom. The largest absolute Gasteiger partial charge is 0.382 e. The van der Waals surface area contributed by atoms with Gasteiger partial charge in [-0.3, -0.25) is 9.69 Å². The minimum Gasteiger partial charge on any atom is -0.382 e. The van der Waals surface area contributed by atoms with Crippen molar-refractivity contribution in [1.29, 1.82) is 5.26 Å². The summed E-state index contributed by atoms with van der Waals surface area (Å²) in [6.45, 7) is 4.32. The second-order valence-electron chi connectivity index (χ2n) is 7.51. The highest BCUT2D eigenvalue weighted by molar-refractivity contribution is 5.79. The number of hydrogen-bond donors (Lipinski definition) is 2. The summed E-state index contributed by atoms with van der Waals surface area (Å²) < 4.78 is 0. The molecule has 0 unspecified atom stereocenters. The number of amides is 1. The molecule has 2 N–H and O–H groups in total. The number of aryl methyl sites for hydroxylation is 1. The average molecular weight is 340 g/mol. The fourth-order valence-corrected chi connectivity index (χ4v) is 3.87. The van der Waals surface area contributed by atoms with Gasteiger partial charge < -0.3 is 10.6 Å². The number of piperidine rings is 1. The zero-order valence-electron chi connectivity index (χ0n) is 15.1. The highest BCUT2D eigenvalue weighted by Crippen LogP contribution is 2.28. The number of hydrogen-bond acceptors (Lipinski definition) is 4. The first kappa shape index (κ1) is 17.8. The van der Waals surface area contributed by atoms with Crippen LogP contribution in [-0.2, 0) is 4.79 Å². The SMILES string of the molecule is Cc1ccc(NC2CCN(CC(=O)NC3(C#N)CCCC3)CC2)cc1. The number of nitrogens with one attached hydrogen (secondary N) is 2. The van der Waals surface area contributed by atoms with E-state index in [1.54, 1.807) is 0 Å². The second kappa shape index (κ2) is 7.88. The summed E-state index contributed by atoms with van der Waals surface area (Å²) >= 11 is 0. The maximum Gasteiger partial charge on any atom is 0.235 e. The number of rotatable bonds is 5. The molecule has 2 aliphatic rings. The molecule has 1 aliphatic heterocycles. The van der Waals surface area contributed by atoms with Gasteiger partial charge in [-0.05, 0) is 57.6 Å². The van der Waals surface area contributed by atoms with E-state index in [1.165, 1.54) is 11.3 Å². The van der Waals surface area contributed by atoms with Gasteiger partial charge in [0, 0.05) is 24.8 Å². The van der Waals surface area contributed by atoms with E-state index in [0.717, 1.165) is 51.6 Å². The highest BCUT2D eigenvalue weighted by Gasteiger charge is 2.35. The average Bonchev–Trinajstić information content (AvgIpc) is 3.07. The van der Waals surface area contributed by atoms with Crippen LogP contribution in [0.4, 0.5) is 5.69 Å². The van der Waals surface area contributed by atoms with Gasteiger partial charge in [-0.2, -0.15) is 5.26 Å². The molecule has 1 saturated carbocycles. The van der Waals surface area contributed by atoms with E-state index in [9.17, 15) is 10.1 Å². The topological polar surface area (TPSA) is 68.2 Å². The van der Waals surface area contributed by atoms with E-state index >= 15 is 0 Å². The van der Waals surface area contributed by atoms with Gasteiger partial charge in [0.05, 0.1) is 12.6 Å². The van der Waals surface area contributed by atoms with Crippen molar-refractivity contribution in [3.05, 3.63) is 29.8 Å². The Hall–Kier alpha value is -2.06. The van der Waals surface area contributed by atoms with Crippen LogP contribution in [0.2, 0.25) is 0 Å². The van der Waals surface area contributed by atoms with Crippen LogP contribution < -0.4 is 10.6 Å². The minimum atomic E-state index is -0.609. The third-order valence-corrected chi connectivity index (χ3v) is 5.43. The van der Waals surface area contributed by atoms with Crippen LogP contribution in [0.1, 0.15) is 44.1 Å². The Bertz CT molecular complexity index is 620. The quantitative estimate of drug-likeness (QED) is 0.865. The van der Waals surface area contributed by atoms with Crippen molar-refractivity contribution in [2.24, 2.45) is 0 Å². The van der Waals surface area contributed by atoms with Crippen molar-refractivity contribution in [2.45, 2.75) is 57.0 Å². The van der Waals surface area contributed by atoms with Gasteiger partial charge in [0.1, 0.15) is 5.54 Å². The van der Waals surface area contributed by atoms with Crippen molar-refractivity contribution in [1.82, 2.24) is 10.2 Å². The monoisotopic (exact) mass is 340 g/mol. The van der Waals surface area contributed by atoms with Crippen molar-refractivity contribution in [3.63, 3.8) is 0 Å². The molecule has 3 rings (SSSR count). The Morgan fingerprint density at radius 3 is 2.48 bits per heavy atom. The van der Waals surface area contributed by atoms with Crippen LogP contribution in [0.25, 0.3) is 0 Å². The highest BCUT2D eigenvalue weighted by atomic mass is 16.2. The first-order chi connectivity index (χ1) is 12.1. The Morgan fingerprint density at radius 1 is 1.24 bits per heavy atom. The van der Waals surface area contributed by atoms with Crippen LogP contribution in [0.15, 0.2) is 24.3 Å². The smallest absolute Gasteiger partial charge is 0.235 e. The van der Waals surface area contributed by atoms with Gasteiger partial charge in [0.25, 0.3) is 0 Å². The molecule has 1 amide bonds. The van der Waals surface area contributed by atoms with E-state index in [1.807, 2.05) is 0 Å². The molecular weight excluding hydrogens is 312 g/mol. The molecule has 2 fully saturated rings. The van der Waals surface area contributed by atoms with Crippen LogP contribution in [0, 0.1) is 18.3 Å². The number of carbonyl (C=O) groups excluding carboxylic acids is 1. The molecule has 1 aromatic rings. The molecule has 1 aliphatic carbocycles. The number of benzene rings is 1. The van der Waals surface area contributed by atoms with Crippen LogP contribution >= 0.6 is 0 Å². The predicted octanol–water partition coefficient (Wildman–Crippen LogP) is 2.82. The maximum atomic E-state index is 12.3. The lowest BCUT2D eigenvalue weighted by atomic mass is 10.00. The van der Waals surface area contributed by atoms with Crippen LogP contribution in [0.5, 0.6) is 0 Å².